The molecule has 0 aliphatic rings. The first-order chi connectivity index (χ1) is 8.78. The van der Waals surface area contributed by atoms with Crippen molar-refractivity contribution in [1.29, 1.82) is 5.26 Å². The monoisotopic (exact) mass is 276 g/mol. The van der Waals surface area contributed by atoms with Gasteiger partial charge in [0.15, 0.2) is 0 Å². The van der Waals surface area contributed by atoms with Crippen LogP contribution in [0.25, 0.3) is 0 Å². The van der Waals surface area contributed by atoms with Crippen LogP contribution < -0.4 is 4.74 Å². The van der Waals surface area contributed by atoms with E-state index in [0.717, 1.165) is 21.5 Å². The van der Waals surface area contributed by atoms with Crippen LogP contribution in [0.15, 0.2) is 34.0 Å². The fourth-order valence-corrected chi connectivity index (χ4v) is 3.05. The summed E-state index contributed by atoms with van der Waals surface area (Å²) in [4.78, 5) is 4.37. The van der Waals surface area contributed by atoms with Gasteiger partial charge in [-0.1, -0.05) is 11.8 Å². The molecule has 1 heterocycles. The van der Waals surface area contributed by atoms with Gasteiger partial charge in [-0.2, -0.15) is 5.26 Å². The Morgan fingerprint density at radius 2 is 2.17 bits per heavy atom. The number of ether oxygens (including phenoxy) is 1. The normalized spacial score (nSPS) is 10.0. The number of nitriles is 1. The number of rotatable bonds is 5. The van der Waals surface area contributed by atoms with Crippen LogP contribution in [-0.4, -0.2) is 17.3 Å². The molecule has 0 fully saturated rings. The topological polar surface area (TPSA) is 45.9 Å². The van der Waals surface area contributed by atoms with Crippen LogP contribution in [0.5, 0.6) is 5.75 Å². The van der Waals surface area contributed by atoms with Gasteiger partial charge in [-0.05, 0) is 31.2 Å². The van der Waals surface area contributed by atoms with E-state index in [9.17, 15) is 0 Å². The van der Waals surface area contributed by atoms with Crippen molar-refractivity contribution >= 4 is 23.1 Å². The quantitative estimate of drug-likeness (QED) is 0.619. The Morgan fingerprint density at radius 3 is 2.78 bits per heavy atom. The predicted octanol–water partition coefficient (Wildman–Crippen LogP) is 3.49. The number of nitrogens with zero attached hydrogens (tertiary/aromatic N) is 2. The standard InChI is InChI=1S/C13H12N2OS2/c1-10-9-18-13(15-10)17-7-6-16-12-4-2-11(8-14)3-5-12/h2-5,9H,6-7H2,1H3. The van der Waals surface area contributed by atoms with Crippen LogP contribution in [-0.2, 0) is 0 Å². The Hall–Kier alpha value is -1.51. The second kappa shape index (κ2) is 6.43. The van der Waals surface area contributed by atoms with Gasteiger partial charge in [0.2, 0.25) is 0 Å². The maximum absolute atomic E-state index is 8.67. The average Bonchev–Trinajstić information content (AvgIpc) is 2.81. The third-order valence-electron chi connectivity index (χ3n) is 2.16. The molecule has 92 valence electrons. The van der Waals surface area contributed by atoms with Crippen molar-refractivity contribution < 1.29 is 4.74 Å². The summed E-state index contributed by atoms with van der Waals surface area (Å²) in [5.41, 5.74) is 1.71. The van der Waals surface area contributed by atoms with Gasteiger partial charge in [0, 0.05) is 16.8 Å². The molecule has 2 rings (SSSR count). The fourth-order valence-electron chi connectivity index (χ4n) is 1.31. The molecule has 3 nitrogen and oxygen atoms in total. The van der Waals surface area contributed by atoms with Crippen LogP contribution in [0.4, 0.5) is 0 Å². The highest BCUT2D eigenvalue weighted by molar-refractivity contribution is 8.01. The molecule has 18 heavy (non-hydrogen) atoms. The van der Waals surface area contributed by atoms with Gasteiger partial charge >= 0.3 is 0 Å². The number of benzene rings is 1. The first kappa shape index (κ1) is 12.9. The third kappa shape index (κ3) is 3.76. The highest BCUT2D eigenvalue weighted by Crippen LogP contribution is 2.22. The second-order valence-corrected chi connectivity index (χ2v) is 5.79. The smallest absolute Gasteiger partial charge is 0.150 e. The molecule has 0 N–H and O–H groups in total. The summed E-state index contributed by atoms with van der Waals surface area (Å²) >= 11 is 3.36. The molecule has 0 unspecified atom stereocenters. The molecule has 1 aromatic heterocycles. The average molecular weight is 276 g/mol. The van der Waals surface area contributed by atoms with Crippen molar-refractivity contribution in [1.82, 2.24) is 4.98 Å². The second-order valence-electron chi connectivity index (χ2n) is 3.59. The van der Waals surface area contributed by atoms with Gasteiger partial charge in [-0.15, -0.1) is 11.3 Å². The molecule has 0 aliphatic carbocycles. The van der Waals surface area contributed by atoms with E-state index in [1.807, 2.05) is 24.4 Å². The highest BCUT2D eigenvalue weighted by Gasteiger charge is 2.00. The summed E-state index contributed by atoms with van der Waals surface area (Å²) in [7, 11) is 0. The van der Waals surface area contributed by atoms with E-state index in [2.05, 4.69) is 11.1 Å². The largest absolute Gasteiger partial charge is 0.493 e. The summed E-state index contributed by atoms with van der Waals surface area (Å²) in [5, 5.41) is 10.7. The SMILES string of the molecule is Cc1csc(SCCOc2ccc(C#N)cc2)n1. The number of thiazole rings is 1. The summed E-state index contributed by atoms with van der Waals surface area (Å²) in [5.74, 6) is 1.66. The Balaban J connectivity index is 1.73. The minimum absolute atomic E-state index is 0.634. The Morgan fingerprint density at radius 1 is 1.39 bits per heavy atom. The van der Waals surface area contributed by atoms with E-state index in [-0.39, 0.29) is 0 Å². The lowest BCUT2D eigenvalue weighted by atomic mass is 10.2. The van der Waals surface area contributed by atoms with Crippen LogP contribution in [0, 0.1) is 18.3 Å². The number of hydrogen-bond acceptors (Lipinski definition) is 5. The van der Waals surface area contributed by atoms with Crippen LogP contribution >= 0.6 is 23.1 Å². The van der Waals surface area contributed by atoms with Gasteiger partial charge in [0.1, 0.15) is 10.1 Å². The van der Waals surface area contributed by atoms with Gasteiger partial charge < -0.3 is 4.74 Å². The maximum Gasteiger partial charge on any atom is 0.150 e. The molecule has 0 atom stereocenters. The fraction of sp³-hybridized carbons (Fsp3) is 0.231. The van der Waals surface area contributed by atoms with Crippen molar-refractivity contribution in [3.8, 4) is 11.8 Å². The van der Waals surface area contributed by atoms with Crippen molar-refractivity contribution in [2.75, 3.05) is 12.4 Å². The summed E-state index contributed by atoms with van der Waals surface area (Å²) in [6.07, 6.45) is 0. The van der Waals surface area contributed by atoms with Crippen molar-refractivity contribution in [3.05, 3.63) is 40.9 Å². The Bertz CT molecular complexity index is 543. The van der Waals surface area contributed by atoms with E-state index in [1.54, 1.807) is 35.2 Å². The van der Waals surface area contributed by atoms with Gasteiger partial charge in [-0.3, -0.25) is 0 Å². The number of thioether (sulfide) groups is 1. The zero-order chi connectivity index (χ0) is 12.8. The minimum atomic E-state index is 0.634. The molecule has 0 radical (unpaired) electrons. The molecule has 5 heteroatoms. The van der Waals surface area contributed by atoms with Gasteiger partial charge in [-0.25, -0.2) is 4.98 Å². The predicted molar refractivity (Wildman–Crippen MR) is 74.2 cm³/mol. The van der Waals surface area contributed by atoms with Crippen molar-refractivity contribution in [2.24, 2.45) is 0 Å². The molecule has 0 spiro atoms. The lowest BCUT2D eigenvalue weighted by Crippen LogP contribution is -1.99. The maximum atomic E-state index is 8.67. The van der Waals surface area contributed by atoms with Crippen LogP contribution in [0.1, 0.15) is 11.3 Å². The van der Waals surface area contributed by atoms with E-state index in [4.69, 9.17) is 10.00 Å². The zero-order valence-electron chi connectivity index (χ0n) is 9.92. The molecule has 0 saturated carbocycles. The lowest BCUT2D eigenvalue weighted by molar-refractivity contribution is 0.344. The molecule has 0 aliphatic heterocycles. The Labute approximate surface area is 114 Å². The van der Waals surface area contributed by atoms with Crippen molar-refractivity contribution in [3.63, 3.8) is 0 Å². The lowest BCUT2D eigenvalue weighted by Gasteiger charge is -2.04. The highest BCUT2D eigenvalue weighted by atomic mass is 32.2. The number of aromatic nitrogens is 1. The summed E-state index contributed by atoms with van der Waals surface area (Å²) in [6.45, 7) is 2.63. The van der Waals surface area contributed by atoms with E-state index >= 15 is 0 Å². The number of hydrogen-bond donors (Lipinski definition) is 0. The summed E-state index contributed by atoms with van der Waals surface area (Å²) in [6, 6.07) is 9.22. The van der Waals surface area contributed by atoms with Crippen LogP contribution in [0.2, 0.25) is 0 Å². The number of aryl methyl sites for hydroxylation is 1. The van der Waals surface area contributed by atoms with Crippen LogP contribution in [0.3, 0.4) is 0 Å². The summed E-state index contributed by atoms with van der Waals surface area (Å²) < 4.78 is 6.66. The molecule has 0 amide bonds. The first-order valence-electron chi connectivity index (χ1n) is 5.46. The molecule has 0 bridgehead atoms. The van der Waals surface area contributed by atoms with Crippen molar-refractivity contribution in [2.45, 2.75) is 11.3 Å². The van der Waals surface area contributed by atoms with E-state index < -0.39 is 0 Å². The molecular weight excluding hydrogens is 264 g/mol. The minimum Gasteiger partial charge on any atom is -0.493 e. The molecule has 1 aromatic carbocycles. The molecule has 2 aromatic rings. The van der Waals surface area contributed by atoms with E-state index in [1.165, 1.54) is 0 Å². The molecular formula is C13H12N2OS2. The molecule has 0 saturated heterocycles. The van der Waals surface area contributed by atoms with E-state index in [0.29, 0.717) is 12.2 Å². The van der Waals surface area contributed by atoms with Gasteiger partial charge in [0.05, 0.1) is 18.2 Å². The van der Waals surface area contributed by atoms with Gasteiger partial charge in [0.25, 0.3) is 0 Å². The Kier molecular flexibility index (Phi) is 4.62. The zero-order valence-corrected chi connectivity index (χ0v) is 11.6. The first-order valence-corrected chi connectivity index (χ1v) is 7.32. The third-order valence-corrected chi connectivity index (χ3v) is 4.26.